The minimum atomic E-state index is 0.491. The van der Waals surface area contributed by atoms with Gasteiger partial charge in [-0.3, -0.25) is 9.98 Å². The number of benzene rings is 1. The molecule has 160 valence electrons. The number of piperidine rings is 1. The monoisotopic (exact) mass is 424 g/mol. The number of nitrogens with zero attached hydrogens (tertiary/aromatic N) is 3. The Morgan fingerprint density at radius 2 is 1.93 bits per heavy atom. The number of nitrogens with one attached hydrogen (secondary N) is 1. The molecule has 0 saturated carbocycles. The van der Waals surface area contributed by atoms with Gasteiger partial charge >= 0.3 is 0 Å². The van der Waals surface area contributed by atoms with Crippen LogP contribution in [0.5, 0.6) is 0 Å². The Balaban J connectivity index is 1.59. The highest BCUT2D eigenvalue weighted by atomic mass is 35.5. The molecule has 0 aliphatic carbocycles. The first-order chi connectivity index (χ1) is 14.7. The van der Waals surface area contributed by atoms with Crippen molar-refractivity contribution in [2.45, 2.75) is 45.1 Å². The van der Waals surface area contributed by atoms with Gasteiger partial charge in [-0.2, -0.15) is 0 Å². The Kier molecular flexibility index (Phi) is 8.91. The zero-order chi connectivity index (χ0) is 21.2. The molecule has 0 bridgehead atoms. The Bertz CT molecular complexity index is 820. The van der Waals surface area contributed by atoms with Gasteiger partial charge in [0.1, 0.15) is 0 Å². The fourth-order valence-electron chi connectivity index (χ4n) is 4.03. The van der Waals surface area contributed by atoms with E-state index in [1.165, 1.54) is 42.5 Å². The second-order valence-electron chi connectivity index (χ2n) is 7.99. The Hall–Kier alpha value is -2.17. The van der Waals surface area contributed by atoms with Gasteiger partial charge in [0.2, 0.25) is 0 Å². The third-order valence-corrected chi connectivity index (χ3v) is 5.97. The average Bonchev–Trinajstić information content (AvgIpc) is 2.78. The third-order valence-electron chi connectivity index (χ3n) is 5.72. The lowest BCUT2D eigenvalue weighted by atomic mass is 9.90. The van der Waals surface area contributed by atoms with Crippen LogP contribution in [0.25, 0.3) is 5.57 Å². The molecule has 0 radical (unpaired) electrons. The highest BCUT2D eigenvalue weighted by Crippen LogP contribution is 2.32. The largest absolute Gasteiger partial charge is 0.374 e. The first-order valence-corrected chi connectivity index (χ1v) is 11.3. The molecular formula is C25H33ClN4. The van der Waals surface area contributed by atoms with Crippen LogP contribution in [0.15, 0.2) is 59.2 Å². The highest BCUT2D eigenvalue weighted by Gasteiger charge is 2.19. The zero-order valence-corrected chi connectivity index (χ0v) is 18.9. The number of aromatic nitrogens is 1. The van der Waals surface area contributed by atoms with Crippen LogP contribution in [-0.4, -0.2) is 48.9 Å². The zero-order valence-electron chi connectivity index (χ0n) is 18.1. The number of aliphatic imine (C=N–C) groups is 1. The van der Waals surface area contributed by atoms with E-state index in [2.05, 4.69) is 51.4 Å². The summed E-state index contributed by atoms with van der Waals surface area (Å²) in [6, 6.07) is 14.8. The summed E-state index contributed by atoms with van der Waals surface area (Å²) < 4.78 is 0. The summed E-state index contributed by atoms with van der Waals surface area (Å²) in [5.41, 5.74) is 5.05. The van der Waals surface area contributed by atoms with Crippen molar-refractivity contribution in [2.24, 2.45) is 4.99 Å². The summed E-state index contributed by atoms with van der Waals surface area (Å²) in [7, 11) is 1.80. The van der Waals surface area contributed by atoms with Gasteiger partial charge in [0.15, 0.2) is 0 Å². The summed E-state index contributed by atoms with van der Waals surface area (Å²) in [6.07, 6.45) is 9.55. The summed E-state index contributed by atoms with van der Waals surface area (Å²) in [5, 5.41) is 4.07. The predicted molar refractivity (Wildman–Crippen MR) is 128 cm³/mol. The number of pyridine rings is 1. The summed E-state index contributed by atoms with van der Waals surface area (Å²) in [4.78, 5) is 11.2. The summed E-state index contributed by atoms with van der Waals surface area (Å²) in [5.74, 6) is 0. The average molecular weight is 425 g/mol. The molecule has 1 aliphatic heterocycles. The van der Waals surface area contributed by atoms with Crippen molar-refractivity contribution in [3.63, 3.8) is 0 Å². The molecule has 2 heterocycles. The molecule has 1 unspecified atom stereocenters. The molecule has 2 aromatic rings. The Labute approximate surface area is 186 Å². The number of likely N-dealkylation sites (tertiary alicyclic amines) is 1. The van der Waals surface area contributed by atoms with Gasteiger partial charge in [0.05, 0.1) is 12.0 Å². The molecule has 1 atom stereocenters. The molecule has 0 spiro atoms. The van der Waals surface area contributed by atoms with Crippen molar-refractivity contribution < 1.29 is 0 Å². The molecule has 30 heavy (non-hydrogen) atoms. The lowest BCUT2D eigenvalue weighted by molar-refractivity contribution is 0.250. The van der Waals surface area contributed by atoms with Crippen LogP contribution in [0.2, 0.25) is 5.02 Å². The quantitative estimate of drug-likeness (QED) is 0.331. The molecule has 1 aliphatic rings. The summed E-state index contributed by atoms with van der Waals surface area (Å²) >= 11 is 6.12. The molecule has 1 aromatic heterocycles. The lowest BCUT2D eigenvalue weighted by Crippen LogP contribution is -2.32. The van der Waals surface area contributed by atoms with Crippen LogP contribution in [0.3, 0.4) is 0 Å². The minimum absolute atomic E-state index is 0.491. The van der Waals surface area contributed by atoms with E-state index < -0.39 is 0 Å². The first kappa shape index (κ1) is 22.5. The number of rotatable bonds is 9. The third kappa shape index (κ3) is 6.68. The molecule has 0 amide bonds. The van der Waals surface area contributed by atoms with E-state index in [1.807, 2.05) is 24.4 Å². The van der Waals surface area contributed by atoms with Gasteiger partial charge < -0.3 is 10.2 Å². The van der Waals surface area contributed by atoms with E-state index in [-0.39, 0.29) is 0 Å². The van der Waals surface area contributed by atoms with E-state index in [0.29, 0.717) is 6.04 Å². The molecular weight excluding hydrogens is 392 g/mol. The standard InChI is InChI=1S/C25H33ClN4/c1-20(29-19-27-2)7-4-6-16-30-17-13-22(14-18-30)25(24-8-3-5-15-28-24)21-9-11-23(26)12-10-21/h3,5,8-12,15,19-20H,4,6-7,13-14,16-18H2,1-2H3,(H,27,29). The topological polar surface area (TPSA) is 40.5 Å². The number of halogens is 1. The second-order valence-corrected chi connectivity index (χ2v) is 8.43. The van der Waals surface area contributed by atoms with Crippen molar-refractivity contribution >= 4 is 23.5 Å². The number of hydrogen-bond donors (Lipinski definition) is 1. The maximum atomic E-state index is 6.12. The van der Waals surface area contributed by atoms with Crippen molar-refractivity contribution in [2.75, 3.05) is 26.7 Å². The van der Waals surface area contributed by atoms with Crippen molar-refractivity contribution in [3.05, 3.63) is 70.5 Å². The van der Waals surface area contributed by atoms with Crippen LogP contribution >= 0.6 is 11.6 Å². The van der Waals surface area contributed by atoms with Crippen molar-refractivity contribution in [3.8, 4) is 0 Å². The van der Waals surface area contributed by atoms with Gasteiger partial charge in [0, 0.05) is 43.0 Å². The highest BCUT2D eigenvalue weighted by molar-refractivity contribution is 6.30. The Morgan fingerprint density at radius 1 is 1.17 bits per heavy atom. The van der Waals surface area contributed by atoms with Gasteiger partial charge in [0.25, 0.3) is 0 Å². The maximum Gasteiger partial charge on any atom is 0.0822 e. The molecule has 4 nitrogen and oxygen atoms in total. The van der Waals surface area contributed by atoms with Crippen LogP contribution in [-0.2, 0) is 0 Å². The smallest absolute Gasteiger partial charge is 0.0822 e. The summed E-state index contributed by atoms with van der Waals surface area (Å²) in [6.45, 7) is 5.64. The van der Waals surface area contributed by atoms with E-state index in [4.69, 9.17) is 11.6 Å². The van der Waals surface area contributed by atoms with Gasteiger partial charge in [-0.25, -0.2) is 0 Å². The van der Waals surface area contributed by atoms with Crippen molar-refractivity contribution in [1.82, 2.24) is 15.2 Å². The van der Waals surface area contributed by atoms with E-state index in [1.54, 1.807) is 13.4 Å². The fourth-order valence-corrected chi connectivity index (χ4v) is 4.15. The van der Waals surface area contributed by atoms with Crippen LogP contribution in [0, 0.1) is 0 Å². The fraction of sp³-hybridized carbons (Fsp3) is 0.440. The molecule has 1 fully saturated rings. The van der Waals surface area contributed by atoms with E-state index >= 15 is 0 Å². The Morgan fingerprint density at radius 3 is 2.60 bits per heavy atom. The van der Waals surface area contributed by atoms with Gasteiger partial charge in [-0.1, -0.05) is 41.8 Å². The molecule has 1 saturated heterocycles. The normalized spacial score (nSPS) is 16.0. The van der Waals surface area contributed by atoms with Gasteiger partial charge in [-0.15, -0.1) is 0 Å². The van der Waals surface area contributed by atoms with E-state index in [9.17, 15) is 0 Å². The van der Waals surface area contributed by atoms with E-state index in [0.717, 1.165) is 36.6 Å². The maximum absolute atomic E-state index is 6.12. The molecule has 3 rings (SSSR count). The van der Waals surface area contributed by atoms with Crippen LogP contribution < -0.4 is 5.32 Å². The second kappa shape index (κ2) is 11.9. The molecule has 5 heteroatoms. The number of hydrogen-bond acceptors (Lipinski definition) is 3. The van der Waals surface area contributed by atoms with Gasteiger partial charge in [-0.05, 0) is 69.0 Å². The predicted octanol–water partition coefficient (Wildman–Crippen LogP) is 5.44. The molecule has 1 aromatic carbocycles. The molecule has 1 N–H and O–H groups in total. The van der Waals surface area contributed by atoms with Crippen LogP contribution in [0.1, 0.15) is 50.3 Å². The minimum Gasteiger partial charge on any atom is -0.374 e. The lowest BCUT2D eigenvalue weighted by Gasteiger charge is -2.30. The van der Waals surface area contributed by atoms with Crippen molar-refractivity contribution in [1.29, 1.82) is 0 Å². The number of unbranched alkanes of at least 4 members (excludes halogenated alkanes) is 1. The SMILES string of the molecule is CN=CNC(C)CCCCN1CCC(=C(c2ccc(Cl)cc2)c2ccccn2)CC1. The first-order valence-electron chi connectivity index (χ1n) is 11.0. The van der Waals surface area contributed by atoms with Crippen LogP contribution in [0.4, 0.5) is 0 Å².